The van der Waals surface area contributed by atoms with Crippen LogP contribution in [0.5, 0.6) is 0 Å². The van der Waals surface area contributed by atoms with E-state index in [4.69, 9.17) is 5.73 Å². The zero-order chi connectivity index (χ0) is 15.2. The molecule has 1 amide bonds. The summed E-state index contributed by atoms with van der Waals surface area (Å²) < 4.78 is 1.57. The predicted molar refractivity (Wildman–Crippen MR) is 80.4 cm³/mol. The molecule has 0 atom stereocenters. The van der Waals surface area contributed by atoms with Gasteiger partial charge in [0.25, 0.3) is 5.91 Å². The molecule has 0 saturated heterocycles. The van der Waals surface area contributed by atoms with Gasteiger partial charge in [0.15, 0.2) is 5.82 Å². The first-order chi connectivity index (χ1) is 10.2. The molecule has 0 aliphatic heterocycles. The maximum atomic E-state index is 11.2. The van der Waals surface area contributed by atoms with Crippen molar-refractivity contribution in [2.75, 3.05) is 11.9 Å². The van der Waals surface area contributed by atoms with Gasteiger partial charge in [0.2, 0.25) is 0 Å². The number of nitrogens with two attached hydrogens (primary N) is 1. The van der Waals surface area contributed by atoms with Gasteiger partial charge < -0.3 is 11.1 Å². The fourth-order valence-electron chi connectivity index (χ4n) is 2.05. The molecular weight excluding hydrogens is 268 g/mol. The van der Waals surface area contributed by atoms with E-state index in [1.165, 1.54) is 6.33 Å². The summed E-state index contributed by atoms with van der Waals surface area (Å²) >= 11 is 0. The first-order valence-corrected chi connectivity index (χ1v) is 7.11. The Morgan fingerprint density at radius 1 is 1.33 bits per heavy atom. The molecule has 2 heterocycles. The van der Waals surface area contributed by atoms with Crippen molar-refractivity contribution < 1.29 is 4.79 Å². The second-order valence-electron chi connectivity index (χ2n) is 4.71. The summed E-state index contributed by atoms with van der Waals surface area (Å²) in [5, 5.41) is 7.47. The van der Waals surface area contributed by atoms with Gasteiger partial charge in [-0.05, 0) is 18.9 Å². The summed E-state index contributed by atoms with van der Waals surface area (Å²) in [4.78, 5) is 19.8. The van der Waals surface area contributed by atoms with E-state index in [2.05, 4.69) is 34.2 Å². The van der Waals surface area contributed by atoms with Crippen LogP contribution in [-0.4, -0.2) is 32.2 Å². The summed E-state index contributed by atoms with van der Waals surface area (Å²) in [6.45, 7) is 5.04. The van der Waals surface area contributed by atoms with Crippen molar-refractivity contribution in [3.05, 3.63) is 29.8 Å². The topological polar surface area (TPSA) is 98.7 Å². The van der Waals surface area contributed by atoms with Crippen LogP contribution < -0.4 is 11.1 Å². The fraction of sp³-hybridized carbons (Fsp3) is 0.429. The second kappa shape index (κ2) is 6.83. The summed E-state index contributed by atoms with van der Waals surface area (Å²) in [6, 6.07) is 1.58. The number of nitrogens with one attached hydrogen (secondary N) is 1. The zero-order valence-corrected chi connectivity index (χ0v) is 12.3. The van der Waals surface area contributed by atoms with Gasteiger partial charge in [-0.25, -0.2) is 14.6 Å². The lowest BCUT2D eigenvalue weighted by Crippen LogP contribution is -2.14. The molecule has 112 valence electrons. The standard InChI is InChI=1S/C14H20N6O/c1-3-5-10-13(16-7-4-2)17-9-18-14(10)20-8-6-11(19-20)12(15)21/h6,8-9H,3-5,7H2,1-2H3,(H2,15,21)(H,16,17,18). The number of aromatic nitrogens is 4. The van der Waals surface area contributed by atoms with Gasteiger partial charge in [-0.2, -0.15) is 5.10 Å². The first kappa shape index (κ1) is 15.0. The minimum absolute atomic E-state index is 0.221. The van der Waals surface area contributed by atoms with Crippen LogP contribution in [0.3, 0.4) is 0 Å². The number of hydrogen-bond acceptors (Lipinski definition) is 5. The van der Waals surface area contributed by atoms with Gasteiger partial charge in [-0.3, -0.25) is 4.79 Å². The Balaban J connectivity index is 2.43. The Labute approximate surface area is 123 Å². The normalized spacial score (nSPS) is 10.6. The molecule has 0 fully saturated rings. The Morgan fingerprint density at radius 3 is 2.76 bits per heavy atom. The van der Waals surface area contributed by atoms with Crippen molar-refractivity contribution in [3.63, 3.8) is 0 Å². The average Bonchev–Trinajstić information content (AvgIpc) is 2.96. The maximum absolute atomic E-state index is 11.2. The predicted octanol–water partition coefficient (Wildman–Crippen LogP) is 1.54. The number of hydrogen-bond donors (Lipinski definition) is 2. The molecule has 2 rings (SSSR count). The molecule has 3 N–H and O–H groups in total. The lowest BCUT2D eigenvalue weighted by atomic mass is 10.1. The van der Waals surface area contributed by atoms with Crippen molar-refractivity contribution in [3.8, 4) is 5.82 Å². The van der Waals surface area contributed by atoms with E-state index in [9.17, 15) is 4.79 Å². The van der Waals surface area contributed by atoms with E-state index >= 15 is 0 Å². The Kier molecular flexibility index (Phi) is 4.86. The smallest absolute Gasteiger partial charge is 0.269 e. The number of anilines is 1. The minimum atomic E-state index is -0.552. The van der Waals surface area contributed by atoms with Crippen molar-refractivity contribution in [1.29, 1.82) is 0 Å². The highest BCUT2D eigenvalue weighted by Gasteiger charge is 2.14. The van der Waals surface area contributed by atoms with Crippen LogP contribution in [0.25, 0.3) is 5.82 Å². The third-order valence-electron chi connectivity index (χ3n) is 3.02. The van der Waals surface area contributed by atoms with Gasteiger partial charge in [0, 0.05) is 18.3 Å². The minimum Gasteiger partial charge on any atom is -0.370 e. The molecule has 0 unspecified atom stereocenters. The van der Waals surface area contributed by atoms with Crippen molar-refractivity contribution in [1.82, 2.24) is 19.7 Å². The van der Waals surface area contributed by atoms with Crippen LogP contribution >= 0.6 is 0 Å². The highest BCUT2D eigenvalue weighted by Crippen LogP contribution is 2.20. The third-order valence-corrected chi connectivity index (χ3v) is 3.02. The lowest BCUT2D eigenvalue weighted by Gasteiger charge is -2.13. The quantitative estimate of drug-likeness (QED) is 0.805. The average molecular weight is 288 g/mol. The van der Waals surface area contributed by atoms with E-state index in [1.54, 1.807) is 16.9 Å². The molecule has 0 aromatic carbocycles. The Bertz CT molecular complexity index is 622. The number of amides is 1. The lowest BCUT2D eigenvalue weighted by molar-refractivity contribution is 0.0995. The van der Waals surface area contributed by atoms with E-state index in [0.717, 1.165) is 37.2 Å². The molecule has 2 aromatic rings. The molecule has 0 saturated carbocycles. The number of primary amides is 1. The number of carbonyl (C=O) groups excluding carboxylic acids is 1. The van der Waals surface area contributed by atoms with Crippen molar-refractivity contribution >= 4 is 11.7 Å². The van der Waals surface area contributed by atoms with Gasteiger partial charge >= 0.3 is 0 Å². The summed E-state index contributed by atoms with van der Waals surface area (Å²) in [6.07, 6.45) is 5.99. The van der Waals surface area contributed by atoms with Crippen LogP contribution in [0, 0.1) is 0 Å². The molecule has 2 aromatic heterocycles. The fourth-order valence-corrected chi connectivity index (χ4v) is 2.05. The van der Waals surface area contributed by atoms with Crippen LogP contribution in [0.1, 0.15) is 42.7 Å². The molecule has 21 heavy (non-hydrogen) atoms. The number of nitrogens with zero attached hydrogens (tertiary/aromatic N) is 4. The third kappa shape index (κ3) is 3.36. The Hall–Kier alpha value is -2.44. The largest absolute Gasteiger partial charge is 0.370 e. The highest BCUT2D eigenvalue weighted by molar-refractivity contribution is 5.90. The van der Waals surface area contributed by atoms with Crippen molar-refractivity contribution in [2.45, 2.75) is 33.1 Å². The van der Waals surface area contributed by atoms with E-state index in [1.807, 2.05) is 0 Å². The van der Waals surface area contributed by atoms with Crippen LogP contribution in [-0.2, 0) is 6.42 Å². The van der Waals surface area contributed by atoms with Crippen LogP contribution in [0.2, 0.25) is 0 Å². The van der Waals surface area contributed by atoms with E-state index < -0.39 is 5.91 Å². The van der Waals surface area contributed by atoms with Gasteiger partial charge in [-0.15, -0.1) is 0 Å². The van der Waals surface area contributed by atoms with Gasteiger partial charge in [0.1, 0.15) is 17.8 Å². The molecule has 0 aliphatic rings. The van der Waals surface area contributed by atoms with Gasteiger partial charge in [-0.1, -0.05) is 20.3 Å². The second-order valence-corrected chi connectivity index (χ2v) is 4.71. The highest BCUT2D eigenvalue weighted by atomic mass is 16.1. The number of rotatable bonds is 7. The molecule has 0 spiro atoms. The molecule has 7 heteroatoms. The summed E-state index contributed by atoms with van der Waals surface area (Å²) in [5.41, 5.74) is 6.45. The monoisotopic (exact) mass is 288 g/mol. The molecule has 0 radical (unpaired) electrons. The molecular formula is C14H20N6O. The van der Waals surface area contributed by atoms with E-state index in [0.29, 0.717) is 5.82 Å². The SMILES string of the molecule is CCCNc1ncnc(-n2ccc(C(N)=O)n2)c1CCC. The zero-order valence-electron chi connectivity index (χ0n) is 12.3. The number of carbonyl (C=O) groups is 1. The van der Waals surface area contributed by atoms with E-state index in [-0.39, 0.29) is 5.69 Å². The molecule has 0 aliphatic carbocycles. The van der Waals surface area contributed by atoms with Crippen LogP contribution in [0.4, 0.5) is 5.82 Å². The molecule has 0 bridgehead atoms. The first-order valence-electron chi connectivity index (χ1n) is 7.11. The Morgan fingerprint density at radius 2 is 2.14 bits per heavy atom. The van der Waals surface area contributed by atoms with Gasteiger partial charge in [0.05, 0.1) is 0 Å². The van der Waals surface area contributed by atoms with Crippen molar-refractivity contribution in [2.24, 2.45) is 5.73 Å². The van der Waals surface area contributed by atoms with Crippen LogP contribution in [0.15, 0.2) is 18.6 Å². The summed E-state index contributed by atoms with van der Waals surface area (Å²) in [7, 11) is 0. The summed E-state index contributed by atoms with van der Waals surface area (Å²) in [5.74, 6) is 0.946. The maximum Gasteiger partial charge on any atom is 0.269 e. The molecule has 7 nitrogen and oxygen atoms in total.